The first-order valence-corrected chi connectivity index (χ1v) is 21.1. The van der Waals surface area contributed by atoms with Gasteiger partial charge in [-0.15, -0.1) is 0 Å². The highest BCUT2D eigenvalue weighted by molar-refractivity contribution is 6.12. The van der Waals surface area contributed by atoms with Crippen LogP contribution in [0, 0.1) is 0 Å². The number of aromatic nitrogens is 1. The molecule has 0 aliphatic carbocycles. The van der Waals surface area contributed by atoms with E-state index < -0.39 is 0 Å². The Morgan fingerprint density at radius 2 is 0.871 bits per heavy atom. The van der Waals surface area contributed by atoms with Gasteiger partial charge in [0.25, 0.3) is 0 Å². The van der Waals surface area contributed by atoms with Crippen LogP contribution in [0.1, 0.15) is 0 Å². The zero-order valence-electron chi connectivity index (χ0n) is 33.8. The van der Waals surface area contributed by atoms with Crippen molar-refractivity contribution in [3.05, 3.63) is 237 Å². The van der Waals surface area contributed by atoms with Crippen molar-refractivity contribution in [3.8, 4) is 16.8 Å². The van der Waals surface area contributed by atoms with Gasteiger partial charge in [-0.05, 0) is 101 Å². The van der Waals surface area contributed by atoms with E-state index in [0.29, 0.717) is 0 Å². The molecule has 2 heterocycles. The van der Waals surface area contributed by atoms with Crippen molar-refractivity contribution >= 4 is 88.6 Å². The van der Waals surface area contributed by atoms with Gasteiger partial charge in [-0.3, -0.25) is 0 Å². The van der Waals surface area contributed by atoms with Gasteiger partial charge >= 0.3 is 0 Å². The van der Waals surface area contributed by atoms with Crippen LogP contribution >= 0.6 is 0 Å². The summed E-state index contributed by atoms with van der Waals surface area (Å²) in [5.41, 5.74) is 14.0. The normalized spacial score (nSPS) is 11.5. The van der Waals surface area contributed by atoms with Crippen LogP contribution in [0.15, 0.2) is 241 Å². The topological polar surface area (TPSA) is 24.6 Å². The quantitative estimate of drug-likeness (QED) is 0.153. The second-order valence-corrected chi connectivity index (χ2v) is 15.7. The number of rotatable bonds is 8. The lowest BCUT2D eigenvalue weighted by Crippen LogP contribution is -2.11. The summed E-state index contributed by atoms with van der Waals surface area (Å²) in [5, 5.41) is 7.04. The molecule has 0 N–H and O–H groups in total. The number of anilines is 6. The molecule has 4 heteroatoms. The Labute approximate surface area is 359 Å². The van der Waals surface area contributed by atoms with Crippen molar-refractivity contribution in [2.75, 3.05) is 9.80 Å². The van der Waals surface area contributed by atoms with Crippen LogP contribution in [0.4, 0.5) is 34.1 Å². The van der Waals surface area contributed by atoms with Crippen molar-refractivity contribution in [1.29, 1.82) is 0 Å². The van der Waals surface area contributed by atoms with E-state index in [1.165, 1.54) is 32.6 Å². The van der Waals surface area contributed by atoms with E-state index >= 15 is 0 Å². The molecule has 0 saturated carbocycles. The van der Waals surface area contributed by atoms with E-state index in [0.717, 1.165) is 72.8 Å². The highest BCUT2D eigenvalue weighted by atomic mass is 16.3. The molecule has 10 aromatic carbocycles. The minimum atomic E-state index is 0.867. The van der Waals surface area contributed by atoms with Crippen LogP contribution in [0.3, 0.4) is 0 Å². The number of furan rings is 1. The second kappa shape index (κ2) is 14.7. The van der Waals surface area contributed by atoms with Crippen molar-refractivity contribution in [2.24, 2.45) is 0 Å². The Balaban J connectivity index is 0.989. The van der Waals surface area contributed by atoms with Gasteiger partial charge in [0.1, 0.15) is 5.58 Å². The first kappa shape index (κ1) is 35.6. The summed E-state index contributed by atoms with van der Waals surface area (Å²) in [6, 6.07) is 84.5. The van der Waals surface area contributed by atoms with Crippen molar-refractivity contribution in [2.45, 2.75) is 0 Å². The van der Waals surface area contributed by atoms with Crippen LogP contribution < -0.4 is 9.80 Å². The monoisotopic (exact) mass is 793 g/mol. The van der Waals surface area contributed by atoms with Gasteiger partial charge in [0.2, 0.25) is 0 Å². The van der Waals surface area contributed by atoms with Crippen molar-refractivity contribution in [1.82, 2.24) is 4.57 Å². The van der Waals surface area contributed by atoms with Gasteiger partial charge in [0, 0.05) is 55.4 Å². The SMILES string of the molecule is c1ccc(N(c2ccc3c4ccccc4n(-c4ccccc4)c3c2)c2ccc(-c3ccc(N(c4ccccc4)c4cccc5c4oc4ccccc45)cc3)c3ccccc23)cc1. The smallest absolute Gasteiger partial charge is 0.159 e. The molecule has 0 saturated heterocycles. The number of nitrogens with zero attached hydrogens (tertiary/aromatic N) is 3. The summed E-state index contributed by atoms with van der Waals surface area (Å²) in [6.07, 6.45) is 0. The van der Waals surface area contributed by atoms with E-state index in [1.807, 2.05) is 12.1 Å². The third-order valence-electron chi connectivity index (χ3n) is 12.2. The fraction of sp³-hybridized carbons (Fsp3) is 0. The van der Waals surface area contributed by atoms with Crippen molar-refractivity contribution < 1.29 is 4.42 Å². The zero-order valence-corrected chi connectivity index (χ0v) is 33.8. The Kier molecular flexibility index (Phi) is 8.46. The predicted octanol–water partition coefficient (Wildman–Crippen LogP) is 16.4. The lowest BCUT2D eigenvalue weighted by molar-refractivity contribution is 0.669. The minimum absolute atomic E-state index is 0.867. The van der Waals surface area contributed by atoms with Gasteiger partial charge in [-0.1, -0.05) is 152 Å². The molecule has 0 aliphatic rings. The molecule has 0 atom stereocenters. The number of hydrogen-bond donors (Lipinski definition) is 0. The standard InChI is InChI=1S/C58H39N3O/c1-4-17-41(18-5-1)59(55-29-16-27-52-51-26-13-15-30-57(51)62-58(52)55)44-33-31-40(32-34-44)46-37-38-54(48-24-11-10-23-47(46)48)60(42-19-6-2-7-20-42)45-35-36-50-49-25-12-14-28-53(49)61(56(50)39-45)43-21-8-3-9-22-43/h1-39H. The Morgan fingerprint density at radius 3 is 1.61 bits per heavy atom. The first-order chi connectivity index (χ1) is 30.8. The van der Waals surface area contributed by atoms with E-state index in [9.17, 15) is 0 Å². The number of fused-ring (bicyclic) bond motifs is 7. The van der Waals surface area contributed by atoms with Crippen LogP contribution in [-0.4, -0.2) is 4.57 Å². The third-order valence-corrected chi connectivity index (χ3v) is 12.2. The average molecular weight is 794 g/mol. The summed E-state index contributed by atoms with van der Waals surface area (Å²) in [5.74, 6) is 0. The first-order valence-electron chi connectivity index (χ1n) is 21.1. The van der Waals surface area contributed by atoms with Gasteiger partial charge < -0.3 is 18.8 Å². The molecule has 12 rings (SSSR count). The molecule has 0 radical (unpaired) electrons. The molecule has 292 valence electrons. The summed E-state index contributed by atoms with van der Waals surface area (Å²) >= 11 is 0. The van der Waals surface area contributed by atoms with Crippen LogP contribution in [0.5, 0.6) is 0 Å². The summed E-state index contributed by atoms with van der Waals surface area (Å²) in [7, 11) is 0. The molecular formula is C58H39N3O. The second-order valence-electron chi connectivity index (χ2n) is 15.7. The highest BCUT2D eigenvalue weighted by Gasteiger charge is 2.22. The number of para-hydroxylation sites is 6. The molecule has 0 spiro atoms. The van der Waals surface area contributed by atoms with Gasteiger partial charge in [0.05, 0.1) is 22.4 Å². The van der Waals surface area contributed by atoms with E-state index in [4.69, 9.17) is 4.42 Å². The maximum Gasteiger partial charge on any atom is 0.159 e. The minimum Gasteiger partial charge on any atom is -0.454 e. The van der Waals surface area contributed by atoms with E-state index in [1.54, 1.807) is 0 Å². The average Bonchev–Trinajstić information content (AvgIpc) is 3.89. The maximum absolute atomic E-state index is 6.56. The zero-order chi connectivity index (χ0) is 41.0. The number of hydrogen-bond acceptors (Lipinski definition) is 3. The Hall–Kier alpha value is -8.34. The highest BCUT2D eigenvalue weighted by Crippen LogP contribution is 2.46. The molecule has 0 bridgehead atoms. The molecule has 12 aromatic rings. The lowest BCUT2D eigenvalue weighted by Gasteiger charge is -2.28. The molecule has 0 fully saturated rings. The van der Waals surface area contributed by atoms with E-state index in [-0.39, 0.29) is 0 Å². The molecule has 4 nitrogen and oxygen atoms in total. The van der Waals surface area contributed by atoms with Gasteiger partial charge in [-0.2, -0.15) is 0 Å². The molecule has 0 unspecified atom stereocenters. The summed E-state index contributed by atoms with van der Waals surface area (Å²) in [4.78, 5) is 4.69. The largest absolute Gasteiger partial charge is 0.454 e. The molecular weight excluding hydrogens is 755 g/mol. The molecule has 0 amide bonds. The van der Waals surface area contributed by atoms with Crippen LogP contribution in [0.25, 0.3) is 71.3 Å². The van der Waals surface area contributed by atoms with Gasteiger partial charge in [-0.25, -0.2) is 0 Å². The van der Waals surface area contributed by atoms with Crippen molar-refractivity contribution in [3.63, 3.8) is 0 Å². The molecule has 2 aromatic heterocycles. The van der Waals surface area contributed by atoms with Gasteiger partial charge in [0.15, 0.2) is 5.58 Å². The number of benzene rings is 10. The molecule has 0 aliphatic heterocycles. The maximum atomic E-state index is 6.56. The van der Waals surface area contributed by atoms with E-state index in [2.05, 4.69) is 239 Å². The Morgan fingerprint density at radius 1 is 0.323 bits per heavy atom. The van der Waals surface area contributed by atoms with Crippen LogP contribution in [-0.2, 0) is 0 Å². The predicted molar refractivity (Wildman–Crippen MR) is 260 cm³/mol. The third kappa shape index (κ3) is 5.84. The Bertz CT molecular complexity index is 3570. The molecule has 62 heavy (non-hydrogen) atoms. The fourth-order valence-electron chi connectivity index (χ4n) is 9.39. The van der Waals surface area contributed by atoms with Crippen LogP contribution in [0.2, 0.25) is 0 Å². The fourth-order valence-corrected chi connectivity index (χ4v) is 9.39. The summed E-state index contributed by atoms with van der Waals surface area (Å²) in [6.45, 7) is 0. The lowest BCUT2D eigenvalue weighted by atomic mass is 9.96. The summed E-state index contributed by atoms with van der Waals surface area (Å²) < 4.78 is 8.94.